The van der Waals surface area contributed by atoms with Gasteiger partial charge in [-0.05, 0) is 44.1 Å². The number of piperidine rings is 1. The van der Waals surface area contributed by atoms with Gasteiger partial charge in [-0.1, -0.05) is 38.0 Å². The molecule has 1 aliphatic carbocycles. The molecule has 3 atom stereocenters. The van der Waals surface area contributed by atoms with E-state index in [9.17, 15) is 9.59 Å². The Morgan fingerprint density at radius 1 is 1.10 bits per heavy atom. The van der Waals surface area contributed by atoms with Gasteiger partial charge in [0.2, 0.25) is 0 Å². The monoisotopic (exact) mass is 399 g/mol. The van der Waals surface area contributed by atoms with Crippen molar-refractivity contribution in [1.29, 1.82) is 0 Å². The smallest absolute Gasteiger partial charge is 0.329 e. The summed E-state index contributed by atoms with van der Waals surface area (Å²) in [5, 5.41) is 3.07. The summed E-state index contributed by atoms with van der Waals surface area (Å²) in [6.07, 6.45) is 7.74. The Morgan fingerprint density at radius 3 is 2.62 bits per heavy atom. The molecule has 158 valence electrons. The minimum Gasteiger partial charge on any atom is -0.371 e. The Morgan fingerprint density at radius 2 is 1.86 bits per heavy atom. The fourth-order valence-corrected chi connectivity index (χ4v) is 5.39. The summed E-state index contributed by atoms with van der Waals surface area (Å²) in [4.78, 5) is 31.0. The Bertz CT molecular complexity index is 761. The van der Waals surface area contributed by atoms with Crippen molar-refractivity contribution in [3.8, 4) is 0 Å². The summed E-state index contributed by atoms with van der Waals surface area (Å²) < 4.78 is 0. The first kappa shape index (κ1) is 20.2. The van der Waals surface area contributed by atoms with E-state index in [-0.39, 0.29) is 17.9 Å². The first-order chi connectivity index (χ1) is 14.0. The van der Waals surface area contributed by atoms with E-state index >= 15 is 0 Å². The van der Waals surface area contributed by atoms with Gasteiger partial charge < -0.3 is 15.1 Å². The third-order valence-corrected chi connectivity index (χ3v) is 7.11. The van der Waals surface area contributed by atoms with Crippen LogP contribution >= 0.6 is 0 Å². The van der Waals surface area contributed by atoms with E-state index in [1.165, 1.54) is 35.4 Å². The molecule has 6 nitrogen and oxygen atoms in total. The van der Waals surface area contributed by atoms with Crippen molar-refractivity contribution < 1.29 is 14.5 Å². The number of nitrogens with zero attached hydrogens (tertiary/aromatic N) is 2. The quantitative estimate of drug-likeness (QED) is 0.746. The van der Waals surface area contributed by atoms with E-state index in [0.717, 1.165) is 50.2 Å². The van der Waals surface area contributed by atoms with Gasteiger partial charge in [-0.15, -0.1) is 0 Å². The van der Waals surface area contributed by atoms with Gasteiger partial charge in [0.05, 0.1) is 7.05 Å². The number of anilines is 1. The summed E-state index contributed by atoms with van der Waals surface area (Å²) in [6, 6.07) is 8.37. The lowest BCUT2D eigenvalue weighted by molar-refractivity contribution is -0.901. The number of urea groups is 1. The summed E-state index contributed by atoms with van der Waals surface area (Å²) in [5.41, 5.74) is 1.93. The van der Waals surface area contributed by atoms with Crippen LogP contribution in [-0.2, 0) is 11.3 Å². The SMILES string of the molecule is C[C@@H]1CCCC[C@]12NC(=O)N(C[NH+](C)Cc1ccccc1N1CCCCC1)C2=O. The number of para-hydroxylation sites is 1. The van der Waals surface area contributed by atoms with Crippen molar-refractivity contribution in [3.63, 3.8) is 0 Å². The molecular weight excluding hydrogens is 364 g/mol. The largest absolute Gasteiger partial charge is 0.371 e. The highest BCUT2D eigenvalue weighted by atomic mass is 16.2. The van der Waals surface area contributed by atoms with Crippen LogP contribution in [0.3, 0.4) is 0 Å². The molecule has 1 unspecified atom stereocenters. The molecule has 0 bridgehead atoms. The molecule has 2 N–H and O–H groups in total. The van der Waals surface area contributed by atoms with Gasteiger partial charge in [-0.2, -0.15) is 0 Å². The van der Waals surface area contributed by atoms with Crippen LogP contribution in [0.4, 0.5) is 10.5 Å². The van der Waals surface area contributed by atoms with Crippen LogP contribution in [-0.4, -0.2) is 49.2 Å². The number of benzene rings is 1. The minimum absolute atomic E-state index is 0.0154. The highest BCUT2D eigenvalue weighted by Crippen LogP contribution is 2.37. The average Bonchev–Trinajstić information content (AvgIpc) is 2.96. The molecule has 2 heterocycles. The maximum absolute atomic E-state index is 13.2. The van der Waals surface area contributed by atoms with E-state index in [0.29, 0.717) is 6.67 Å². The highest BCUT2D eigenvalue weighted by molar-refractivity contribution is 6.07. The number of hydrogen-bond acceptors (Lipinski definition) is 3. The molecule has 1 saturated carbocycles. The topological polar surface area (TPSA) is 57.1 Å². The number of carbonyl (C=O) groups is 2. The van der Waals surface area contributed by atoms with Crippen LogP contribution < -0.4 is 15.1 Å². The Kier molecular flexibility index (Phi) is 5.81. The van der Waals surface area contributed by atoms with Crippen molar-refractivity contribution in [2.24, 2.45) is 5.92 Å². The number of amides is 3. The number of imide groups is 1. The van der Waals surface area contributed by atoms with Gasteiger partial charge in [0.1, 0.15) is 12.1 Å². The van der Waals surface area contributed by atoms with Gasteiger partial charge in [-0.25, -0.2) is 9.69 Å². The standard InChI is InChI=1S/C23H34N4O2/c1-18-10-6-7-13-23(18)21(28)27(22(29)24-23)17-25(2)16-19-11-4-5-12-20(19)26-14-8-3-9-15-26/h4-5,11-12,18H,3,6-10,13-17H2,1-2H3,(H,24,29)/p+1/t18-,23+/m1/s1. The second-order valence-electron chi connectivity index (χ2n) is 9.25. The maximum atomic E-state index is 13.2. The fraction of sp³-hybridized carbons (Fsp3) is 0.652. The zero-order chi connectivity index (χ0) is 20.4. The fourth-order valence-electron chi connectivity index (χ4n) is 5.39. The van der Waals surface area contributed by atoms with Crippen LogP contribution in [0.5, 0.6) is 0 Å². The second kappa shape index (κ2) is 8.34. The second-order valence-corrected chi connectivity index (χ2v) is 9.25. The number of hydrogen-bond donors (Lipinski definition) is 2. The summed E-state index contributed by atoms with van der Waals surface area (Å²) >= 11 is 0. The molecule has 3 amide bonds. The lowest BCUT2D eigenvalue weighted by Gasteiger charge is -2.36. The molecule has 0 radical (unpaired) electrons. The zero-order valence-electron chi connectivity index (χ0n) is 17.9. The molecular formula is C23H35N4O2+. The number of rotatable bonds is 5. The molecule has 2 aliphatic heterocycles. The predicted octanol–water partition coefficient (Wildman–Crippen LogP) is 2.15. The van der Waals surface area contributed by atoms with E-state index in [1.807, 2.05) is 0 Å². The summed E-state index contributed by atoms with van der Waals surface area (Å²) in [7, 11) is 2.07. The van der Waals surface area contributed by atoms with Crippen molar-refractivity contribution >= 4 is 17.6 Å². The van der Waals surface area contributed by atoms with Gasteiger partial charge >= 0.3 is 6.03 Å². The third kappa shape index (κ3) is 3.87. The first-order valence-electron chi connectivity index (χ1n) is 11.3. The zero-order valence-corrected chi connectivity index (χ0v) is 17.9. The highest BCUT2D eigenvalue weighted by Gasteiger charge is 2.55. The average molecular weight is 400 g/mol. The van der Waals surface area contributed by atoms with E-state index in [2.05, 4.69) is 48.5 Å². The summed E-state index contributed by atoms with van der Waals surface area (Å²) in [6.45, 7) is 5.54. The van der Waals surface area contributed by atoms with E-state index < -0.39 is 5.54 Å². The van der Waals surface area contributed by atoms with Gasteiger partial charge in [0.25, 0.3) is 5.91 Å². The van der Waals surface area contributed by atoms with Gasteiger partial charge in [-0.3, -0.25) is 4.79 Å². The molecule has 3 fully saturated rings. The van der Waals surface area contributed by atoms with E-state index in [1.54, 1.807) is 0 Å². The van der Waals surface area contributed by atoms with Crippen molar-refractivity contribution in [2.75, 3.05) is 31.7 Å². The van der Waals surface area contributed by atoms with Crippen molar-refractivity contribution in [1.82, 2.24) is 10.2 Å². The van der Waals surface area contributed by atoms with Crippen molar-refractivity contribution in [2.45, 2.75) is 64.0 Å². The molecule has 4 rings (SSSR count). The Labute approximate surface area is 174 Å². The molecule has 1 aromatic rings. The number of quaternary nitrogens is 1. The van der Waals surface area contributed by atoms with Crippen LogP contribution in [0, 0.1) is 5.92 Å². The normalized spacial score (nSPS) is 28.7. The minimum atomic E-state index is -0.665. The van der Waals surface area contributed by atoms with Gasteiger partial charge in [0.15, 0.2) is 6.67 Å². The third-order valence-electron chi connectivity index (χ3n) is 7.11. The lowest BCUT2D eigenvalue weighted by atomic mass is 9.73. The lowest BCUT2D eigenvalue weighted by Crippen LogP contribution is -3.09. The van der Waals surface area contributed by atoms with Crippen LogP contribution in [0.2, 0.25) is 0 Å². The molecule has 1 aromatic carbocycles. The number of nitrogens with one attached hydrogen (secondary N) is 2. The predicted molar refractivity (Wildman–Crippen MR) is 114 cm³/mol. The Balaban J connectivity index is 1.44. The summed E-state index contributed by atoms with van der Waals surface area (Å²) in [5.74, 6) is 0.191. The number of carbonyl (C=O) groups excluding carboxylic acids is 2. The van der Waals surface area contributed by atoms with E-state index in [4.69, 9.17) is 0 Å². The molecule has 1 spiro atoms. The van der Waals surface area contributed by atoms with Crippen LogP contribution in [0.15, 0.2) is 24.3 Å². The maximum Gasteiger partial charge on any atom is 0.329 e. The van der Waals surface area contributed by atoms with Crippen LogP contribution in [0.1, 0.15) is 57.4 Å². The van der Waals surface area contributed by atoms with Crippen molar-refractivity contribution in [3.05, 3.63) is 29.8 Å². The molecule has 6 heteroatoms. The molecule has 29 heavy (non-hydrogen) atoms. The molecule has 3 aliphatic rings. The molecule has 2 saturated heterocycles. The van der Waals surface area contributed by atoms with Crippen LogP contribution in [0.25, 0.3) is 0 Å². The first-order valence-corrected chi connectivity index (χ1v) is 11.3. The van der Waals surface area contributed by atoms with Gasteiger partial charge in [0, 0.05) is 24.3 Å². The Hall–Kier alpha value is -2.08. The molecule has 0 aromatic heterocycles.